The first kappa shape index (κ1) is 32.6. The van der Waals surface area contributed by atoms with Gasteiger partial charge in [0.05, 0.1) is 28.8 Å². The molecule has 0 atom stereocenters. The zero-order chi connectivity index (χ0) is 35.8. The summed E-state index contributed by atoms with van der Waals surface area (Å²) >= 11 is 0. The third-order valence-corrected chi connectivity index (χ3v) is 10.5. The summed E-state index contributed by atoms with van der Waals surface area (Å²) in [4.78, 5) is 36.2. The minimum Gasteiger partial charge on any atom is -0.456 e. The molecule has 13 heteroatoms. The maximum absolute atomic E-state index is 14.0. The Morgan fingerprint density at radius 2 is 1.60 bits per heavy atom. The van der Waals surface area contributed by atoms with Gasteiger partial charge in [-0.3, -0.25) is 19.1 Å². The van der Waals surface area contributed by atoms with Gasteiger partial charge in [-0.25, -0.2) is 21.8 Å². The molecule has 52 heavy (non-hydrogen) atoms. The number of carbonyl (C=O) groups is 1. The van der Waals surface area contributed by atoms with E-state index in [9.17, 15) is 22.4 Å². The van der Waals surface area contributed by atoms with Crippen LogP contribution in [-0.4, -0.2) is 32.8 Å². The molecular weight excluding hydrogens is 684 g/mol. The number of anilines is 1. The summed E-state index contributed by atoms with van der Waals surface area (Å²) in [5.41, 5.74) is 3.17. The number of halogens is 1. The average Bonchev–Trinajstić information content (AvgIpc) is 3.73. The van der Waals surface area contributed by atoms with Crippen molar-refractivity contribution in [1.82, 2.24) is 23.8 Å². The number of hydrogen-bond acceptors (Lipinski definition) is 8. The molecule has 1 amide bonds. The Morgan fingerprint density at radius 3 is 2.42 bits per heavy atom. The molecule has 4 aromatic carbocycles. The first-order valence-electron chi connectivity index (χ1n) is 16.3. The average molecular weight is 713 g/mol. The molecule has 11 nitrogen and oxygen atoms in total. The van der Waals surface area contributed by atoms with E-state index in [0.29, 0.717) is 22.2 Å². The molecule has 2 N–H and O–H groups in total. The number of furan rings is 1. The molecule has 0 saturated heterocycles. The molecule has 258 valence electrons. The Kier molecular flexibility index (Phi) is 8.32. The minimum absolute atomic E-state index is 0.0841. The summed E-state index contributed by atoms with van der Waals surface area (Å²) in [6.07, 6.45) is 4.44. The van der Waals surface area contributed by atoms with Gasteiger partial charge in [0, 0.05) is 40.7 Å². The van der Waals surface area contributed by atoms with Crippen molar-refractivity contribution in [3.8, 4) is 11.4 Å². The smallest absolute Gasteiger partial charge is 0.277 e. The lowest BCUT2D eigenvalue weighted by Gasteiger charge is -2.16. The van der Waals surface area contributed by atoms with Crippen LogP contribution in [0.5, 0.6) is 0 Å². The van der Waals surface area contributed by atoms with Gasteiger partial charge in [0.15, 0.2) is 0 Å². The topological polar surface area (TPSA) is 141 Å². The third kappa shape index (κ3) is 6.07. The highest BCUT2D eigenvalue weighted by atomic mass is 32.2. The molecule has 8 aromatic rings. The van der Waals surface area contributed by atoms with Crippen molar-refractivity contribution in [2.24, 2.45) is 0 Å². The lowest BCUT2D eigenvalue weighted by molar-refractivity contribution is -0.121. The molecular formula is C39H29FN6O5S. The van der Waals surface area contributed by atoms with Gasteiger partial charge in [0.2, 0.25) is 5.91 Å². The number of fused-ring (bicyclic) bond motifs is 4. The van der Waals surface area contributed by atoms with Crippen LogP contribution in [0.3, 0.4) is 0 Å². The zero-order valence-corrected chi connectivity index (χ0v) is 28.2. The van der Waals surface area contributed by atoms with Crippen LogP contribution >= 0.6 is 0 Å². The fraction of sp³-hybridized carbons (Fsp3) is 0.0769. The van der Waals surface area contributed by atoms with Crippen LogP contribution in [0.25, 0.3) is 44.2 Å². The van der Waals surface area contributed by atoms with E-state index in [0.717, 1.165) is 27.5 Å². The molecule has 0 fully saturated rings. The quantitative estimate of drug-likeness (QED) is 0.165. The Bertz CT molecular complexity index is 2800. The van der Waals surface area contributed by atoms with E-state index in [1.54, 1.807) is 36.5 Å². The van der Waals surface area contributed by atoms with Gasteiger partial charge < -0.3 is 15.1 Å². The molecule has 4 aromatic heterocycles. The number of amides is 1. The summed E-state index contributed by atoms with van der Waals surface area (Å²) in [5.74, 6) is -0.885. The molecule has 8 rings (SSSR count). The van der Waals surface area contributed by atoms with Gasteiger partial charge in [-0.15, -0.1) is 0 Å². The Labute approximate surface area is 296 Å². The second kappa shape index (κ2) is 13.3. The van der Waals surface area contributed by atoms with E-state index in [1.165, 1.54) is 57.3 Å². The van der Waals surface area contributed by atoms with Crippen LogP contribution in [0.1, 0.15) is 11.3 Å². The molecule has 0 saturated carbocycles. The van der Waals surface area contributed by atoms with E-state index in [4.69, 9.17) is 4.42 Å². The van der Waals surface area contributed by atoms with Gasteiger partial charge in [-0.1, -0.05) is 42.5 Å². The monoisotopic (exact) mass is 712 g/mol. The number of nitrogens with one attached hydrogen (secondary N) is 2. The second-order valence-electron chi connectivity index (χ2n) is 12.1. The summed E-state index contributed by atoms with van der Waals surface area (Å²) in [7, 11) is -4.04. The maximum Gasteiger partial charge on any atom is 0.277 e. The number of pyridine rings is 1. The molecule has 0 bridgehead atoms. The fourth-order valence-corrected chi connectivity index (χ4v) is 7.81. The van der Waals surface area contributed by atoms with Crippen LogP contribution in [-0.2, 0) is 34.5 Å². The molecule has 0 spiro atoms. The lowest BCUT2D eigenvalue weighted by atomic mass is 10.1. The standard InChI is InChI=1S/C39H29FN6O5S/c40-28-13-11-26(12-14-28)38-44-23-33(42-20-25-10-15-36-32(18-25)31-8-4-5-9-35(31)51-36)39(48)45(38)24-37(47)43-22-29-19-27-21-41-17-16-34(27)46(29)52(49,50)30-6-2-1-3-7-30/h1-19,21,23,42H,20,22,24H2,(H,43,47). The number of benzene rings is 4. The first-order valence-corrected chi connectivity index (χ1v) is 17.7. The zero-order valence-electron chi connectivity index (χ0n) is 27.4. The number of nitrogens with zero attached hydrogens (tertiary/aromatic N) is 4. The van der Waals surface area contributed by atoms with Crippen LogP contribution in [0.4, 0.5) is 10.1 Å². The van der Waals surface area contributed by atoms with E-state index in [2.05, 4.69) is 20.6 Å². The summed E-state index contributed by atoms with van der Waals surface area (Å²) in [6.45, 7) is -0.339. The van der Waals surface area contributed by atoms with Crippen LogP contribution in [0.2, 0.25) is 0 Å². The highest BCUT2D eigenvalue weighted by molar-refractivity contribution is 7.90. The van der Waals surface area contributed by atoms with Crippen LogP contribution in [0, 0.1) is 5.82 Å². The predicted molar refractivity (Wildman–Crippen MR) is 196 cm³/mol. The van der Waals surface area contributed by atoms with E-state index >= 15 is 0 Å². The second-order valence-corrected chi connectivity index (χ2v) is 13.9. The molecule has 0 aliphatic rings. The van der Waals surface area contributed by atoms with Crippen molar-refractivity contribution in [1.29, 1.82) is 0 Å². The number of aromatic nitrogens is 4. The number of hydrogen-bond donors (Lipinski definition) is 2. The summed E-state index contributed by atoms with van der Waals surface area (Å²) < 4.78 is 49.7. The molecule has 0 aliphatic carbocycles. The highest BCUT2D eigenvalue weighted by Gasteiger charge is 2.24. The van der Waals surface area contributed by atoms with E-state index in [-0.39, 0.29) is 29.5 Å². The highest BCUT2D eigenvalue weighted by Crippen LogP contribution is 2.30. The van der Waals surface area contributed by atoms with Crippen molar-refractivity contribution in [2.45, 2.75) is 24.5 Å². The maximum atomic E-state index is 14.0. The molecule has 0 unspecified atom stereocenters. The Hall–Kier alpha value is -6.60. The number of rotatable bonds is 10. The van der Waals surface area contributed by atoms with Crippen molar-refractivity contribution in [2.75, 3.05) is 5.32 Å². The van der Waals surface area contributed by atoms with E-state index in [1.807, 2.05) is 42.5 Å². The van der Waals surface area contributed by atoms with Crippen molar-refractivity contribution < 1.29 is 22.0 Å². The van der Waals surface area contributed by atoms with Crippen LogP contribution in [0.15, 0.2) is 142 Å². The predicted octanol–water partition coefficient (Wildman–Crippen LogP) is 6.46. The normalized spacial score (nSPS) is 11.7. The third-order valence-electron chi connectivity index (χ3n) is 8.75. The van der Waals surface area contributed by atoms with E-state index < -0.39 is 33.9 Å². The Morgan fingerprint density at radius 1 is 0.827 bits per heavy atom. The lowest BCUT2D eigenvalue weighted by Crippen LogP contribution is -2.35. The van der Waals surface area contributed by atoms with Gasteiger partial charge in [-0.2, -0.15) is 0 Å². The van der Waals surface area contributed by atoms with Crippen molar-refractivity contribution in [3.05, 3.63) is 155 Å². The molecule has 0 aliphatic heterocycles. The SMILES string of the molecule is O=C(Cn1c(-c2ccc(F)cc2)ncc(NCc2ccc3oc4ccccc4c3c2)c1=O)NCc1cc2cnccc2n1S(=O)(=O)c1ccccc1. The molecule has 0 radical (unpaired) electrons. The summed E-state index contributed by atoms with van der Waals surface area (Å²) in [6, 6.07) is 30.2. The largest absolute Gasteiger partial charge is 0.456 e. The van der Waals surface area contributed by atoms with Gasteiger partial charge >= 0.3 is 0 Å². The molecule has 4 heterocycles. The van der Waals surface area contributed by atoms with Crippen LogP contribution < -0.4 is 16.2 Å². The number of carbonyl (C=O) groups excluding carboxylic acids is 1. The van der Waals surface area contributed by atoms with Crippen molar-refractivity contribution in [3.63, 3.8) is 0 Å². The summed E-state index contributed by atoms with van der Waals surface area (Å²) in [5, 5.41) is 8.42. The van der Waals surface area contributed by atoms with Gasteiger partial charge in [-0.05, 0) is 72.3 Å². The van der Waals surface area contributed by atoms with Crippen molar-refractivity contribution >= 4 is 54.5 Å². The van der Waals surface area contributed by atoms with Gasteiger partial charge in [0.25, 0.3) is 15.6 Å². The fourth-order valence-electron chi connectivity index (χ4n) is 6.25. The number of para-hydroxylation sites is 1. The first-order chi connectivity index (χ1) is 25.3. The minimum atomic E-state index is -4.04. The van der Waals surface area contributed by atoms with Gasteiger partial charge in [0.1, 0.15) is 35.0 Å². The Balaban J connectivity index is 1.08.